The molecule has 0 saturated heterocycles. The quantitative estimate of drug-likeness (QED) is 0.677. The van der Waals surface area contributed by atoms with Crippen molar-refractivity contribution in [3.63, 3.8) is 0 Å². The first kappa shape index (κ1) is 21.2. The molecule has 0 saturated carbocycles. The van der Waals surface area contributed by atoms with Crippen LogP contribution in [0.15, 0.2) is 48.6 Å². The third-order valence-electron chi connectivity index (χ3n) is 2.50. The minimum absolute atomic E-state index is 0.223. The van der Waals surface area contributed by atoms with Gasteiger partial charge in [0.05, 0.1) is 18.3 Å². The lowest BCUT2D eigenvalue weighted by molar-refractivity contribution is 0.0352. The lowest BCUT2D eigenvalue weighted by atomic mass is 10.1. The minimum Gasteiger partial charge on any atom is -0.388 e. The molecule has 0 amide bonds. The van der Waals surface area contributed by atoms with Crippen molar-refractivity contribution in [1.29, 1.82) is 0 Å². The van der Waals surface area contributed by atoms with E-state index in [1.54, 1.807) is 6.08 Å². The minimum atomic E-state index is -0.366. The van der Waals surface area contributed by atoms with Gasteiger partial charge in [0.15, 0.2) is 0 Å². The van der Waals surface area contributed by atoms with E-state index in [4.69, 9.17) is 4.74 Å². The van der Waals surface area contributed by atoms with Gasteiger partial charge < -0.3 is 9.84 Å². The van der Waals surface area contributed by atoms with E-state index in [0.717, 1.165) is 11.1 Å². The van der Waals surface area contributed by atoms with Crippen molar-refractivity contribution in [2.75, 3.05) is 6.61 Å². The maximum Gasteiger partial charge on any atom is 0.0808 e. The van der Waals surface area contributed by atoms with Crippen LogP contribution in [0.2, 0.25) is 0 Å². The number of hydrogen-bond acceptors (Lipinski definition) is 2. The van der Waals surface area contributed by atoms with Crippen molar-refractivity contribution in [1.82, 2.24) is 0 Å². The third-order valence-corrected chi connectivity index (χ3v) is 2.50. The maximum atomic E-state index is 9.23. The summed E-state index contributed by atoms with van der Waals surface area (Å²) >= 11 is 0. The fraction of sp³-hybridized carbons (Fsp3) is 0.556. The molecule has 1 atom stereocenters. The summed E-state index contributed by atoms with van der Waals surface area (Å²) in [4.78, 5) is 0. The summed E-state index contributed by atoms with van der Waals surface area (Å²) in [5.41, 5.74) is 2.88. The molecule has 0 radical (unpaired) electrons. The topological polar surface area (TPSA) is 29.5 Å². The first-order chi connectivity index (χ1) is 9.01. The Balaban J connectivity index is 0. The van der Waals surface area contributed by atoms with Gasteiger partial charge >= 0.3 is 0 Å². The Morgan fingerprint density at radius 2 is 1.70 bits per heavy atom. The maximum absolute atomic E-state index is 9.23. The molecule has 0 heterocycles. The van der Waals surface area contributed by atoms with E-state index in [9.17, 15) is 5.11 Å². The number of rotatable bonds is 7. The second-order valence-electron chi connectivity index (χ2n) is 5.93. The zero-order chi connectivity index (χ0) is 16.3. The number of aliphatic hydroxyl groups excluding tert-OH is 1. The standard InChI is InChI=1S/2C9H16O/c1-7(2)5-6-9(10)8(3)4;1-6-9(4,5)10-7-8(2)3/h5,9-10H,3,6H2,1-2,4H3;6H,1-2,7H2,3-5H3. The van der Waals surface area contributed by atoms with Crippen LogP contribution in [0, 0.1) is 0 Å². The van der Waals surface area contributed by atoms with Crippen LogP contribution in [0.5, 0.6) is 0 Å². The Morgan fingerprint density at radius 1 is 1.20 bits per heavy atom. The summed E-state index contributed by atoms with van der Waals surface area (Å²) in [6.45, 7) is 23.4. The van der Waals surface area contributed by atoms with Crippen LogP contribution in [0.1, 0.15) is 48.0 Å². The molecule has 0 aliphatic rings. The van der Waals surface area contributed by atoms with E-state index in [2.05, 4.69) is 19.7 Å². The van der Waals surface area contributed by atoms with Gasteiger partial charge in [-0.3, -0.25) is 0 Å². The molecule has 0 fully saturated rings. The van der Waals surface area contributed by atoms with Crippen molar-refractivity contribution in [3.8, 4) is 0 Å². The predicted octanol–water partition coefficient (Wildman–Crippen LogP) is 4.82. The van der Waals surface area contributed by atoms with Gasteiger partial charge in [0.2, 0.25) is 0 Å². The molecule has 20 heavy (non-hydrogen) atoms. The highest BCUT2D eigenvalue weighted by Gasteiger charge is 2.11. The van der Waals surface area contributed by atoms with Crippen molar-refractivity contribution in [2.45, 2.75) is 59.7 Å². The molecule has 0 aromatic heterocycles. The Kier molecular flexibility index (Phi) is 11.3. The fourth-order valence-electron chi connectivity index (χ4n) is 0.917. The van der Waals surface area contributed by atoms with Crippen molar-refractivity contribution in [2.24, 2.45) is 0 Å². The average Bonchev–Trinajstić information content (AvgIpc) is 2.34. The first-order valence-corrected chi connectivity index (χ1v) is 6.90. The highest BCUT2D eigenvalue weighted by molar-refractivity contribution is 5.03. The third kappa shape index (κ3) is 14.9. The number of allylic oxidation sites excluding steroid dienone is 1. The summed E-state index contributed by atoms with van der Waals surface area (Å²) in [5.74, 6) is 0. The van der Waals surface area contributed by atoms with Crippen LogP contribution in [0.3, 0.4) is 0 Å². The van der Waals surface area contributed by atoms with E-state index >= 15 is 0 Å². The van der Waals surface area contributed by atoms with Gasteiger partial charge in [-0.2, -0.15) is 0 Å². The van der Waals surface area contributed by atoms with Crippen molar-refractivity contribution >= 4 is 0 Å². The van der Waals surface area contributed by atoms with Crippen LogP contribution in [-0.2, 0) is 4.74 Å². The van der Waals surface area contributed by atoms with E-state index < -0.39 is 0 Å². The molecule has 1 N–H and O–H groups in total. The molecule has 0 bridgehead atoms. The van der Waals surface area contributed by atoms with Crippen LogP contribution in [0.4, 0.5) is 0 Å². The fourth-order valence-corrected chi connectivity index (χ4v) is 0.917. The SMILES string of the molecule is C=C(C)C(O)CC=C(C)C.C=CC(C)(C)OCC(=C)C. The lowest BCUT2D eigenvalue weighted by Gasteiger charge is -2.20. The molecule has 0 aromatic rings. The Hall–Kier alpha value is -1.12. The lowest BCUT2D eigenvalue weighted by Crippen LogP contribution is -2.21. The van der Waals surface area contributed by atoms with Gasteiger partial charge in [-0.1, -0.05) is 42.0 Å². The van der Waals surface area contributed by atoms with E-state index in [-0.39, 0.29) is 11.7 Å². The molecule has 2 heteroatoms. The molecule has 0 rings (SSSR count). The summed E-state index contributed by atoms with van der Waals surface area (Å²) in [6.07, 6.45) is 4.13. The van der Waals surface area contributed by atoms with Crippen molar-refractivity contribution < 1.29 is 9.84 Å². The Morgan fingerprint density at radius 3 is 2.00 bits per heavy atom. The molecule has 116 valence electrons. The predicted molar refractivity (Wildman–Crippen MR) is 89.9 cm³/mol. The van der Waals surface area contributed by atoms with E-state index in [1.165, 1.54) is 5.57 Å². The first-order valence-electron chi connectivity index (χ1n) is 6.90. The normalized spacial score (nSPS) is 11.8. The van der Waals surface area contributed by atoms with Crippen LogP contribution < -0.4 is 0 Å². The van der Waals surface area contributed by atoms with Gasteiger partial charge in [0.1, 0.15) is 0 Å². The zero-order valence-corrected chi connectivity index (χ0v) is 14.1. The smallest absolute Gasteiger partial charge is 0.0808 e. The number of ether oxygens (including phenoxy) is 1. The average molecular weight is 280 g/mol. The Labute approximate surface area is 125 Å². The van der Waals surface area contributed by atoms with Crippen molar-refractivity contribution in [3.05, 3.63) is 48.6 Å². The number of aliphatic hydroxyl groups is 1. The summed E-state index contributed by atoms with van der Waals surface area (Å²) in [6, 6.07) is 0. The molecular weight excluding hydrogens is 248 g/mol. The zero-order valence-electron chi connectivity index (χ0n) is 14.1. The molecular formula is C18H32O2. The highest BCUT2D eigenvalue weighted by Crippen LogP contribution is 2.10. The summed E-state index contributed by atoms with van der Waals surface area (Å²) < 4.78 is 5.42. The van der Waals surface area contributed by atoms with Crippen LogP contribution >= 0.6 is 0 Å². The van der Waals surface area contributed by atoms with Gasteiger partial charge in [-0.15, -0.1) is 6.58 Å². The second kappa shape index (κ2) is 10.6. The van der Waals surface area contributed by atoms with E-state index in [0.29, 0.717) is 13.0 Å². The van der Waals surface area contributed by atoms with Gasteiger partial charge in [-0.05, 0) is 48.0 Å². The summed E-state index contributed by atoms with van der Waals surface area (Å²) in [7, 11) is 0. The van der Waals surface area contributed by atoms with Crippen LogP contribution in [-0.4, -0.2) is 23.4 Å². The summed E-state index contributed by atoms with van der Waals surface area (Å²) in [5, 5.41) is 9.23. The number of hydrogen-bond donors (Lipinski definition) is 1. The van der Waals surface area contributed by atoms with E-state index in [1.807, 2.05) is 47.6 Å². The van der Waals surface area contributed by atoms with Gasteiger partial charge in [-0.25, -0.2) is 0 Å². The molecule has 0 aliphatic carbocycles. The molecule has 1 unspecified atom stereocenters. The largest absolute Gasteiger partial charge is 0.388 e. The van der Waals surface area contributed by atoms with Gasteiger partial charge in [0.25, 0.3) is 0 Å². The molecule has 0 aromatic carbocycles. The second-order valence-corrected chi connectivity index (χ2v) is 5.93. The van der Waals surface area contributed by atoms with Gasteiger partial charge in [0, 0.05) is 0 Å². The Bertz CT molecular complexity index is 344. The molecule has 2 nitrogen and oxygen atoms in total. The van der Waals surface area contributed by atoms with Crippen LogP contribution in [0.25, 0.3) is 0 Å². The molecule has 0 aliphatic heterocycles. The molecule has 0 spiro atoms. The monoisotopic (exact) mass is 280 g/mol. The highest BCUT2D eigenvalue weighted by atomic mass is 16.5.